The summed E-state index contributed by atoms with van der Waals surface area (Å²) in [7, 11) is 0. The number of carbonyl (C=O) groups excluding carboxylic acids is 3. The molecule has 0 heterocycles. The molecule has 26 heavy (non-hydrogen) atoms. The van der Waals surface area contributed by atoms with Gasteiger partial charge in [-0.3, -0.25) is 4.79 Å². The van der Waals surface area contributed by atoms with Crippen molar-refractivity contribution >= 4 is 29.6 Å². The van der Waals surface area contributed by atoms with Crippen LogP contribution in [0.2, 0.25) is 5.02 Å². The minimum Gasteiger partial charge on any atom is -0.550 e. The van der Waals surface area contributed by atoms with Crippen molar-refractivity contribution in [2.45, 2.75) is 45.9 Å². The Balaban J connectivity index is 0.00000625. The van der Waals surface area contributed by atoms with Gasteiger partial charge in [0.25, 0.3) is 0 Å². The molecule has 1 rings (SSSR count). The van der Waals surface area contributed by atoms with E-state index in [4.69, 9.17) is 21.1 Å². The summed E-state index contributed by atoms with van der Waals surface area (Å²) in [5.41, 5.74) is 0.662. The first-order chi connectivity index (χ1) is 11.7. The van der Waals surface area contributed by atoms with Crippen LogP contribution in [0, 0.1) is 5.92 Å². The molecule has 2 atom stereocenters. The van der Waals surface area contributed by atoms with Crippen LogP contribution in [0.15, 0.2) is 24.3 Å². The number of amides is 1. The van der Waals surface area contributed by atoms with Crippen LogP contribution in [0.25, 0.3) is 0 Å². The van der Waals surface area contributed by atoms with Gasteiger partial charge in [0.05, 0.1) is 12.0 Å². The topological polar surface area (TPSA) is 105 Å². The van der Waals surface area contributed by atoms with E-state index in [2.05, 4.69) is 5.32 Å². The molecule has 0 aliphatic heterocycles. The largest absolute Gasteiger partial charge is 1.00 e. The number of alkyl carbamates (subject to hydrolysis) is 1. The van der Waals surface area contributed by atoms with Crippen LogP contribution in [-0.4, -0.2) is 24.3 Å². The van der Waals surface area contributed by atoms with E-state index in [1.54, 1.807) is 38.1 Å². The number of carbonyl (C=O) groups is 3. The maximum absolute atomic E-state index is 12.0. The fraction of sp³-hybridized carbons (Fsp3) is 0.471. The molecule has 1 aromatic carbocycles. The summed E-state index contributed by atoms with van der Waals surface area (Å²) in [5, 5.41) is 13.8. The Hall–Kier alpha value is -1.28. The molecule has 0 radical (unpaired) electrons. The molecule has 0 bridgehead atoms. The van der Waals surface area contributed by atoms with Crippen molar-refractivity contribution in [3.8, 4) is 0 Å². The fourth-order valence-corrected chi connectivity index (χ4v) is 2.06. The van der Waals surface area contributed by atoms with E-state index in [0.717, 1.165) is 0 Å². The number of carboxylic acids is 1. The van der Waals surface area contributed by atoms with E-state index >= 15 is 0 Å². The molecule has 0 saturated heterocycles. The molecule has 1 aromatic rings. The van der Waals surface area contributed by atoms with Crippen molar-refractivity contribution in [2.24, 2.45) is 5.92 Å². The Bertz CT molecular complexity index is 608. The van der Waals surface area contributed by atoms with Crippen molar-refractivity contribution in [2.75, 3.05) is 0 Å². The molecule has 0 saturated carbocycles. The Kier molecular flexibility index (Phi) is 11.6. The zero-order valence-electron chi connectivity index (χ0n) is 15.3. The number of carboxylic acid groups (broad SMARTS) is 1. The third-order valence-corrected chi connectivity index (χ3v) is 3.48. The average Bonchev–Trinajstić information content (AvgIpc) is 2.51. The first-order valence-corrected chi connectivity index (χ1v) is 8.19. The molecular formula is C17H21ClNNaO6. The van der Waals surface area contributed by atoms with Gasteiger partial charge in [-0.1, -0.05) is 37.6 Å². The second-order valence-corrected chi connectivity index (χ2v) is 6.16. The summed E-state index contributed by atoms with van der Waals surface area (Å²) in [6, 6.07) is 5.98. The van der Waals surface area contributed by atoms with Crippen LogP contribution >= 0.6 is 11.6 Å². The second kappa shape index (κ2) is 12.2. The second-order valence-electron chi connectivity index (χ2n) is 5.72. The van der Waals surface area contributed by atoms with Gasteiger partial charge in [0.1, 0.15) is 0 Å². The third kappa shape index (κ3) is 9.43. The van der Waals surface area contributed by atoms with Crippen LogP contribution in [0.4, 0.5) is 4.79 Å². The van der Waals surface area contributed by atoms with E-state index in [1.807, 2.05) is 0 Å². The fourth-order valence-electron chi connectivity index (χ4n) is 1.93. The van der Waals surface area contributed by atoms with Crippen LogP contribution in [0.3, 0.4) is 0 Å². The maximum atomic E-state index is 12.0. The zero-order valence-corrected chi connectivity index (χ0v) is 18.0. The van der Waals surface area contributed by atoms with Crippen LogP contribution < -0.4 is 40.0 Å². The Labute approximate surface area is 179 Å². The quantitative estimate of drug-likeness (QED) is 0.352. The minimum atomic E-state index is -1.23. The third-order valence-electron chi connectivity index (χ3n) is 3.23. The molecular weight excluding hydrogens is 373 g/mol. The number of rotatable bonds is 8. The Morgan fingerprint density at radius 3 is 2.19 bits per heavy atom. The van der Waals surface area contributed by atoms with E-state index in [-0.39, 0.29) is 48.3 Å². The van der Waals surface area contributed by atoms with Crippen molar-refractivity contribution in [3.63, 3.8) is 0 Å². The van der Waals surface area contributed by atoms with Crippen LogP contribution in [0.5, 0.6) is 0 Å². The maximum Gasteiger partial charge on any atom is 1.00 e. The summed E-state index contributed by atoms with van der Waals surface area (Å²) in [5.74, 6) is -2.07. The van der Waals surface area contributed by atoms with Gasteiger partial charge in [0, 0.05) is 17.9 Å². The predicted octanol–water partition coefficient (Wildman–Crippen LogP) is -0.813. The number of aliphatic carboxylic acids is 1. The summed E-state index contributed by atoms with van der Waals surface area (Å²) in [6.45, 7) is 4.73. The molecule has 9 heteroatoms. The van der Waals surface area contributed by atoms with Crippen molar-refractivity contribution in [1.29, 1.82) is 0 Å². The standard InChI is InChI=1S/C17H22ClNO6.Na/c1-10(2)16(22)24-11(3)25-17(23)19-14(8-9-15(20)21)12-4-6-13(18)7-5-12;/h4-7,10-11,14H,8-9H2,1-3H3,(H,19,23)(H,20,21);/q;+1/p-1. The molecule has 138 valence electrons. The first kappa shape index (κ1) is 24.7. The molecule has 0 aliphatic carbocycles. The van der Waals surface area contributed by atoms with E-state index in [9.17, 15) is 19.5 Å². The van der Waals surface area contributed by atoms with Gasteiger partial charge in [-0.25, -0.2) is 4.79 Å². The SMILES string of the molecule is CC(OC(=O)NC(CCC(=O)[O-])c1ccc(Cl)cc1)OC(=O)C(C)C.[Na+]. The first-order valence-electron chi connectivity index (χ1n) is 7.82. The van der Waals surface area contributed by atoms with Gasteiger partial charge in [-0.2, -0.15) is 0 Å². The summed E-state index contributed by atoms with van der Waals surface area (Å²) in [6.07, 6.45) is -2.03. The van der Waals surface area contributed by atoms with Gasteiger partial charge in [-0.05, 0) is 30.5 Å². The van der Waals surface area contributed by atoms with Gasteiger partial charge in [0.2, 0.25) is 6.29 Å². The van der Waals surface area contributed by atoms with Crippen LogP contribution in [-0.2, 0) is 19.1 Å². The number of halogens is 1. The molecule has 1 amide bonds. The molecule has 0 aliphatic rings. The van der Waals surface area contributed by atoms with E-state index in [1.165, 1.54) is 6.92 Å². The average molecular weight is 394 g/mol. The predicted molar refractivity (Wildman–Crippen MR) is 88.4 cm³/mol. The van der Waals surface area contributed by atoms with Gasteiger partial charge < -0.3 is 24.7 Å². The molecule has 0 fully saturated rings. The molecule has 0 spiro atoms. The zero-order chi connectivity index (χ0) is 19.0. The Morgan fingerprint density at radius 1 is 1.12 bits per heavy atom. The number of esters is 1. The Morgan fingerprint density at radius 2 is 1.69 bits per heavy atom. The molecule has 0 aromatic heterocycles. The number of benzene rings is 1. The van der Waals surface area contributed by atoms with E-state index < -0.39 is 30.4 Å². The number of ether oxygens (including phenoxy) is 2. The number of hydrogen-bond donors (Lipinski definition) is 1. The molecule has 7 nitrogen and oxygen atoms in total. The van der Waals surface area contributed by atoms with E-state index in [0.29, 0.717) is 10.6 Å². The summed E-state index contributed by atoms with van der Waals surface area (Å²) in [4.78, 5) is 34.2. The minimum absolute atomic E-state index is 0. The number of nitrogens with one attached hydrogen (secondary N) is 1. The van der Waals surface area contributed by atoms with Crippen molar-refractivity contribution in [3.05, 3.63) is 34.9 Å². The van der Waals surface area contributed by atoms with Gasteiger partial charge in [0.15, 0.2) is 0 Å². The normalized spacial score (nSPS) is 12.5. The smallest absolute Gasteiger partial charge is 0.550 e. The van der Waals surface area contributed by atoms with Crippen molar-refractivity contribution < 1.29 is 58.5 Å². The molecule has 1 N–H and O–H groups in total. The summed E-state index contributed by atoms with van der Waals surface area (Å²) < 4.78 is 9.91. The van der Waals surface area contributed by atoms with Gasteiger partial charge in [-0.15, -0.1) is 0 Å². The van der Waals surface area contributed by atoms with Gasteiger partial charge >= 0.3 is 41.6 Å². The summed E-state index contributed by atoms with van der Waals surface area (Å²) >= 11 is 5.83. The van der Waals surface area contributed by atoms with Crippen molar-refractivity contribution in [1.82, 2.24) is 5.32 Å². The number of hydrogen-bond acceptors (Lipinski definition) is 6. The monoisotopic (exact) mass is 393 g/mol. The molecule has 2 unspecified atom stereocenters. The van der Waals surface area contributed by atoms with Crippen LogP contribution in [0.1, 0.15) is 45.2 Å².